The third-order valence-corrected chi connectivity index (χ3v) is 3.27. The van der Waals surface area contributed by atoms with Crippen molar-refractivity contribution in [1.82, 2.24) is 0 Å². The zero-order valence-electron chi connectivity index (χ0n) is 9.75. The Morgan fingerprint density at radius 1 is 1.35 bits per heavy atom. The number of aliphatic hydroxyl groups is 1. The Kier molecular flexibility index (Phi) is 3.74. The summed E-state index contributed by atoms with van der Waals surface area (Å²) in [5.41, 5.74) is 0.280. The van der Waals surface area contributed by atoms with Crippen LogP contribution in [-0.2, 0) is 4.74 Å². The molecule has 0 saturated carbocycles. The van der Waals surface area contributed by atoms with E-state index in [0.29, 0.717) is 13.2 Å². The molecule has 2 atom stereocenters. The van der Waals surface area contributed by atoms with Gasteiger partial charge in [0.05, 0.1) is 12.7 Å². The van der Waals surface area contributed by atoms with E-state index < -0.39 is 17.7 Å². The Morgan fingerprint density at radius 3 is 2.76 bits per heavy atom. The molecule has 1 aromatic carbocycles. The van der Waals surface area contributed by atoms with Crippen LogP contribution in [0.15, 0.2) is 12.1 Å². The lowest BCUT2D eigenvalue weighted by atomic mass is 9.90. The van der Waals surface area contributed by atoms with Gasteiger partial charge in [0.1, 0.15) is 0 Å². The number of halogens is 2. The molecule has 1 N–H and O–H groups in total. The van der Waals surface area contributed by atoms with Crippen LogP contribution in [0.25, 0.3) is 0 Å². The fourth-order valence-corrected chi connectivity index (χ4v) is 2.16. The van der Waals surface area contributed by atoms with Gasteiger partial charge in [0, 0.05) is 18.1 Å². The summed E-state index contributed by atoms with van der Waals surface area (Å²) in [7, 11) is 0. The van der Waals surface area contributed by atoms with Crippen LogP contribution in [0.5, 0.6) is 0 Å². The van der Waals surface area contributed by atoms with Crippen LogP contribution in [0, 0.1) is 24.5 Å². The van der Waals surface area contributed by atoms with E-state index in [0.717, 1.165) is 12.8 Å². The predicted molar refractivity (Wildman–Crippen MR) is 59.6 cm³/mol. The van der Waals surface area contributed by atoms with Crippen molar-refractivity contribution in [3.63, 3.8) is 0 Å². The molecule has 2 nitrogen and oxygen atoms in total. The zero-order valence-corrected chi connectivity index (χ0v) is 9.75. The van der Waals surface area contributed by atoms with Gasteiger partial charge < -0.3 is 9.84 Å². The number of ether oxygens (including phenoxy) is 1. The van der Waals surface area contributed by atoms with Crippen molar-refractivity contribution in [2.75, 3.05) is 13.2 Å². The molecular formula is C13H16F2O2. The van der Waals surface area contributed by atoms with Crippen LogP contribution in [-0.4, -0.2) is 18.3 Å². The van der Waals surface area contributed by atoms with Crippen molar-refractivity contribution >= 4 is 0 Å². The number of hydrogen-bond donors (Lipinski definition) is 1. The molecule has 0 bridgehead atoms. The normalized spacial score (nSPS) is 22.5. The van der Waals surface area contributed by atoms with Gasteiger partial charge in [0.25, 0.3) is 0 Å². The Bertz CT molecular complexity index is 401. The highest BCUT2D eigenvalue weighted by Crippen LogP contribution is 2.31. The van der Waals surface area contributed by atoms with Gasteiger partial charge in [0.15, 0.2) is 11.6 Å². The van der Waals surface area contributed by atoms with Gasteiger partial charge in [-0.1, -0.05) is 12.1 Å². The molecule has 17 heavy (non-hydrogen) atoms. The van der Waals surface area contributed by atoms with Gasteiger partial charge in [-0.25, -0.2) is 8.78 Å². The SMILES string of the molecule is Cc1ccc(C(O)C2CCCOC2)c(F)c1F. The van der Waals surface area contributed by atoms with Crippen LogP contribution in [0.3, 0.4) is 0 Å². The van der Waals surface area contributed by atoms with Gasteiger partial charge in [-0.3, -0.25) is 0 Å². The van der Waals surface area contributed by atoms with Gasteiger partial charge in [0.2, 0.25) is 0 Å². The van der Waals surface area contributed by atoms with Crippen molar-refractivity contribution in [3.05, 3.63) is 34.9 Å². The van der Waals surface area contributed by atoms with Crippen molar-refractivity contribution in [1.29, 1.82) is 0 Å². The molecule has 0 amide bonds. The Hall–Kier alpha value is -1.00. The standard InChI is InChI=1S/C13H16F2O2/c1-8-4-5-10(12(15)11(8)14)13(16)9-3-2-6-17-7-9/h4-5,9,13,16H,2-3,6-7H2,1H3. The molecule has 94 valence electrons. The quantitative estimate of drug-likeness (QED) is 0.864. The van der Waals surface area contributed by atoms with Gasteiger partial charge in [-0.05, 0) is 25.3 Å². The number of rotatable bonds is 2. The summed E-state index contributed by atoms with van der Waals surface area (Å²) in [4.78, 5) is 0. The summed E-state index contributed by atoms with van der Waals surface area (Å²) < 4.78 is 32.3. The summed E-state index contributed by atoms with van der Waals surface area (Å²) in [6.45, 7) is 2.57. The second-order valence-electron chi connectivity index (χ2n) is 4.52. The highest BCUT2D eigenvalue weighted by Gasteiger charge is 2.27. The summed E-state index contributed by atoms with van der Waals surface area (Å²) >= 11 is 0. The van der Waals surface area contributed by atoms with E-state index in [9.17, 15) is 13.9 Å². The molecule has 0 aromatic heterocycles. The average molecular weight is 242 g/mol. The molecule has 0 radical (unpaired) electrons. The molecule has 1 saturated heterocycles. The molecule has 0 spiro atoms. The monoisotopic (exact) mass is 242 g/mol. The average Bonchev–Trinajstić information content (AvgIpc) is 2.36. The Morgan fingerprint density at radius 2 is 2.12 bits per heavy atom. The maximum atomic E-state index is 13.7. The van der Waals surface area contributed by atoms with Crippen LogP contribution in [0.1, 0.15) is 30.1 Å². The van der Waals surface area contributed by atoms with Crippen molar-refractivity contribution in [3.8, 4) is 0 Å². The smallest absolute Gasteiger partial charge is 0.164 e. The Labute approximate surface area is 99.2 Å². The van der Waals surface area contributed by atoms with E-state index in [1.54, 1.807) is 0 Å². The fourth-order valence-electron chi connectivity index (χ4n) is 2.16. The topological polar surface area (TPSA) is 29.5 Å². The van der Waals surface area contributed by atoms with Crippen molar-refractivity contribution < 1.29 is 18.6 Å². The van der Waals surface area contributed by atoms with E-state index in [2.05, 4.69) is 0 Å². The molecule has 4 heteroatoms. The van der Waals surface area contributed by atoms with Crippen LogP contribution in [0.4, 0.5) is 8.78 Å². The van der Waals surface area contributed by atoms with E-state index >= 15 is 0 Å². The molecule has 0 aliphatic carbocycles. The van der Waals surface area contributed by atoms with E-state index in [-0.39, 0.29) is 17.0 Å². The highest BCUT2D eigenvalue weighted by atomic mass is 19.2. The number of aryl methyl sites for hydroxylation is 1. The minimum absolute atomic E-state index is 0.0311. The van der Waals surface area contributed by atoms with Gasteiger partial charge in [-0.15, -0.1) is 0 Å². The second-order valence-corrected chi connectivity index (χ2v) is 4.52. The molecule has 1 fully saturated rings. The number of benzene rings is 1. The van der Waals surface area contributed by atoms with Gasteiger partial charge >= 0.3 is 0 Å². The lowest BCUT2D eigenvalue weighted by Gasteiger charge is -2.27. The molecule has 1 aliphatic heterocycles. The second kappa shape index (κ2) is 5.10. The summed E-state index contributed by atoms with van der Waals surface area (Å²) in [5.74, 6) is -1.97. The highest BCUT2D eigenvalue weighted by molar-refractivity contribution is 5.27. The summed E-state index contributed by atoms with van der Waals surface area (Å²) in [5, 5.41) is 10.1. The third-order valence-electron chi connectivity index (χ3n) is 3.27. The first-order valence-electron chi connectivity index (χ1n) is 5.81. The molecular weight excluding hydrogens is 226 g/mol. The Balaban J connectivity index is 2.24. The minimum atomic E-state index is -0.995. The lowest BCUT2D eigenvalue weighted by Crippen LogP contribution is -2.24. The number of aliphatic hydroxyl groups excluding tert-OH is 1. The largest absolute Gasteiger partial charge is 0.388 e. The number of hydrogen-bond acceptors (Lipinski definition) is 2. The molecule has 2 unspecified atom stereocenters. The van der Waals surface area contributed by atoms with Crippen LogP contribution in [0.2, 0.25) is 0 Å². The van der Waals surface area contributed by atoms with Crippen LogP contribution < -0.4 is 0 Å². The minimum Gasteiger partial charge on any atom is -0.388 e. The summed E-state index contributed by atoms with van der Waals surface area (Å²) in [6.07, 6.45) is 0.624. The fraction of sp³-hybridized carbons (Fsp3) is 0.538. The van der Waals surface area contributed by atoms with E-state index in [1.165, 1.54) is 19.1 Å². The molecule has 1 aliphatic rings. The first kappa shape index (κ1) is 12.5. The van der Waals surface area contributed by atoms with Crippen LogP contribution >= 0.6 is 0 Å². The van der Waals surface area contributed by atoms with Crippen molar-refractivity contribution in [2.45, 2.75) is 25.9 Å². The molecule has 2 rings (SSSR count). The van der Waals surface area contributed by atoms with E-state index in [4.69, 9.17) is 4.74 Å². The van der Waals surface area contributed by atoms with E-state index in [1.807, 2.05) is 0 Å². The zero-order chi connectivity index (χ0) is 12.4. The maximum Gasteiger partial charge on any atom is 0.164 e. The third kappa shape index (κ3) is 2.48. The van der Waals surface area contributed by atoms with Gasteiger partial charge in [-0.2, -0.15) is 0 Å². The lowest BCUT2D eigenvalue weighted by molar-refractivity contribution is -0.0114. The first-order chi connectivity index (χ1) is 8.11. The predicted octanol–water partition coefficient (Wildman–Crippen LogP) is 2.73. The van der Waals surface area contributed by atoms with Crippen molar-refractivity contribution in [2.24, 2.45) is 5.92 Å². The maximum absolute atomic E-state index is 13.7. The first-order valence-corrected chi connectivity index (χ1v) is 5.81. The molecule has 1 heterocycles. The summed E-state index contributed by atoms with van der Waals surface area (Å²) in [6, 6.07) is 2.94. The molecule has 1 aromatic rings.